The van der Waals surface area contributed by atoms with Crippen LogP contribution in [-0.2, 0) is 14.3 Å². The molecule has 2 rings (SSSR count). The number of quaternary nitrogens is 1. The minimum absolute atomic E-state index is 0.0225. The summed E-state index contributed by atoms with van der Waals surface area (Å²) in [6.45, 7) is 3.99. The first-order valence-corrected chi connectivity index (χ1v) is 9.67. The molecule has 0 radical (unpaired) electrons. The molecule has 138 valence electrons. The maximum Gasteiger partial charge on any atom is 0.361 e. The first kappa shape index (κ1) is 19.7. The number of halogens is 1. The maximum atomic E-state index is 13.1. The molecule has 0 aromatic heterocycles. The molecule has 1 aliphatic heterocycles. The smallest absolute Gasteiger partial charge is 0.361 e. The quantitative estimate of drug-likeness (QED) is 0.701. The van der Waals surface area contributed by atoms with Crippen LogP contribution in [0.1, 0.15) is 30.7 Å². The van der Waals surface area contributed by atoms with Gasteiger partial charge in [-0.25, -0.2) is 9.18 Å². The molecule has 1 N–H and O–H groups in total. The van der Waals surface area contributed by atoms with Gasteiger partial charge >= 0.3 is 5.97 Å². The highest BCUT2D eigenvalue weighted by molar-refractivity contribution is 7.99. The van der Waals surface area contributed by atoms with Gasteiger partial charge in [0.1, 0.15) is 11.2 Å². The molecule has 0 saturated carbocycles. The highest BCUT2D eigenvalue weighted by Crippen LogP contribution is 2.37. The Kier molecular flexibility index (Phi) is 7.71. The number of nitrogens with zero attached hydrogens (tertiary/aromatic N) is 1. The summed E-state index contributed by atoms with van der Waals surface area (Å²) in [7, 11) is 1.36. The monoisotopic (exact) mass is 369 g/mol. The number of nitrogens with one attached hydrogen (secondary N) is 1. The van der Waals surface area contributed by atoms with Crippen molar-refractivity contribution in [2.75, 3.05) is 39.0 Å². The van der Waals surface area contributed by atoms with E-state index in [4.69, 9.17) is 4.74 Å². The molecule has 0 aliphatic carbocycles. The molecule has 1 aliphatic rings. The minimum Gasteiger partial charge on any atom is -0.465 e. The summed E-state index contributed by atoms with van der Waals surface area (Å²) in [5.41, 5.74) is 0.931. The molecule has 1 saturated heterocycles. The van der Waals surface area contributed by atoms with Crippen LogP contribution in [0.4, 0.5) is 4.39 Å². The van der Waals surface area contributed by atoms with Gasteiger partial charge in [0, 0.05) is 12.3 Å². The molecule has 0 spiro atoms. The Balaban J connectivity index is 2.02. The van der Waals surface area contributed by atoms with Crippen molar-refractivity contribution in [3.8, 4) is 0 Å². The van der Waals surface area contributed by atoms with Crippen molar-refractivity contribution in [2.45, 2.75) is 25.1 Å². The average molecular weight is 369 g/mol. The standard InChI is InChI=1S/C18H25FN2O3S/c1-3-4-9-20(13-17(23)24-2)12-16(22)21-10-11-25-18(21)14-5-7-15(19)8-6-14/h5-8,18H,3-4,9-13H2,1-2H3/p+1/t18-/m1/s1. The number of hydrogen-bond donors (Lipinski definition) is 1. The Labute approximate surface area is 152 Å². The van der Waals surface area contributed by atoms with Crippen molar-refractivity contribution >= 4 is 23.6 Å². The van der Waals surface area contributed by atoms with Crippen molar-refractivity contribution in [3.63, 3.8) is 0 Å². The third-order valence-corrected chi connectivity index (χ3v) is 5.53. The lowest BCUT2D eigenvalue weighted by Crippen LogP contribution is -3.14. The number of benzene rings is 1. The Bertz CT molecular complexity index is 582. The summed E-state index contributed by atoms with van der Waals surface area (Å²) in [5, 5.41) is -0.0846. The Morgan fingerprint density at radius 2 is 2.04 bits per heavy atom. The van der Waals surface area contributed by atoms with Crippen LogP contribution in [0.2, 0.25) is 0 Å². The molecule has 1 fully saturated rings. The topological polar surface area (TPSA) is 51.1 Å². The van der Waals surface area contributed by atoms with Crippen LogP contribution in [0.3, 0.4) is 0 Å². The van der Waals surface area contributed by atoms with Crippen molar-refractivity contribution in [1.82, 2.24) is 4.90 Å². The summed E-state index contributed by atoms with van der Waals surface area (Å²) in [6, 6.07) is 6.31. The van der Waals surface area contributed by atoms with E-state index in [-0.39, 0.29) is 36.2 Å². The molecule has 25 heavy (non-hydrogen) atoms. The minimum atomic E-state index is -0.301. The third kappa shape index (κ3) is 5.71. The molecule has 1 aromatic carbocycles. The predicted octanol–water partition coefficient (Wildman–Crippen LogP) is 1.26. The summed E-state index contributed by atoms with van der Waals surface area (Å²) in [4.78, 5) is 27.2. The van der Waals surface area contributed by atoms with E-state index in [1.165, 1.54) is 19.2 Å². The van der Waals surface area contributed by atoms with Crippen LogP contribution in [0.25, 0.3) is 0 Å². The fourth-order valence-corrected chi connectivity index (χ4v) is 4.16. The van der Waals surface area contributed by atoms with Crippen LogP contribution < -0.4 is 4.90 Å². The molecule has 7 heteroatoms. The lowest BCUT2D eigenvalue weighted by atomic mass is 10.2. The van der Waals surface area contributed by atoms with Crippen molar-refractivity contribution in [2.24, 2.45) is 0 Å². The Morgan fingerprint density at radius 3 is 2.68 bits per heavy atom. The second-order valence-electron chi connectivity index (χ2n) is 6.15. The van der Waals surface area contributed by atoms with E-state index >= 15 is 0 Å². The van der Waals surface area contributed by atoms with Gasteiger partial charge in [-0.3, -0.25) is 4.79 Å². The summed E-state index contributed by atoms with van der Waals surface area (Å²) < 4.78 is 17.9. The zero-order valence-electron chi connectivity index (χ0n) is 14.8. The first-order valence-electron chi connectivity index (χ1n) is 8.62. The number of carbonyl (C=O) groups excluding carboxylic acids is 2. The van der Waals surface area contributed by atoms with E-state index in [9.17, 15) is 14.0 Å². The van der Waals surface area contributed by atoms with Gasteiger partial charge in [-0.1, -0.05) is 25.5 Å². The number of amides is 1. The van der Waals surface area contributed by atoms with Gasteiger partial charge in [0.2, 0.25) is 0 Å². The summed E-state index contributed by atoms with van der Waals surface area (Å²) in [6.07, 6.45) is 1.96. The molecule has 5 nitrogen and oxygen atoms in total. The van der Waals surface area contributed by atoms with E-state index in [0.717, 1.165) is 35.6 Å². The lowest BCUT2D eigenvalue weighted by molar-refractivity contribution is -0.885. The van der Waals surface area contributed by atoms with E-state index in [2.05, 4.69) is 6.92 Å². The molecular formula is C18H26FN2O3S+. The van der Waals surface area contributed by atoms with Crippen LogP contribution >= 0.6 is 11.8 Å². The molecule has 1 unspecified atom stereocenters. The van der Waals surface area contributed by atoms with Crippen LogP contribution in [0.5, 0.6) is 0 Å². The summed E-state index contributed by atoms with van der Waals surface area (Å²) in [5.74, 6) is 0.298. The van der Waals surface area contributed by atoms with E-state index in [1.54, 1.807) is 23.9 Å². The number of methoxy groups -OCH3 is 1. The van der Waals surface area contributed by atoms with Crippen molar-refractivity contribution in [3.05, 3.63) is 35.6 Å². The molecular weight excluding hydrogens is 343 g/mol. The van der Waals surface area contributed by atoms with Crippen LogP contribution in [-0.4, -0.2) is 55.8 Å². The number of esters is 1. The van der Waals surface area contributed by atoms with Gasteiger partial charge in [0.05, 0.1) is 13.7 Å². The highest BCUT2D eigenvalue weighted by atomic mass is 32.2. The summed E-state index contributed by atoms with van der Waals surface area (Å²) >= 11 is 1.68. The second kappa shape index (κ2) is 9.77. The van der Waals surface area contributed by atoms with E-state index < -0.39 is 0 Å². The largest absolute Gasteiger partial charge is 0.465 e. The van der Waals surface area contributed by atoms with Gasteiger partial charge in [0.25, 0.3) is 5.91 Å². The first-order chi connectivity index (χ1) is 12.0. The van der Waals surface area contributed by atoms with Crippen LogP contribution in [0.15, 0.2) is 24.3 Å². The number of unbranched alkanes of at least 4 members (excludes halogenated alkanes) is 1. The second-order valence-corrected chi connectivity index (χ2v) is 7.33. The van der Waals surface area contributed by atoms with Gasteiger partial charge in [-0.05, 0) is 24.1 Å². The molecule has 2 atom stereocenters. The Hall–Kier alpha value is -1.60. The van der Waals surface area contributed by atoms with Gasteiger partial charge in [0.15, 0.2) is 13.1 Å². The lowest BCUT2D eigenvalue weighted by Gasteiger charge is -2.26. The van der Waals surface area contributed by atoms with Gasteiger partial charge < -0.3 is 14.5 Å². The van der Waals surface area contributed by atoms with Crippen molar-refractivity contribution < 1.29 is 23.6 Å². The van der Waals surface area contributed by atoms with E-state index in [0.29, 0.717) is 6.54 Å². The van der Waals surface area contributed by atoms with Gasteiger partial charge in [-0.2, -0.15) is 0 Å². The fourth-order valence-electron chi connectivity index (χ4n) is 2.89. The zero-order chi connectivity index (χ0) is 18.2. The normalized spacial score (nSPS) is 18.2. The zero-order valence-corrected chi connectivity index (χ0v) is 15.6. The molecule has 1 heterocycles. The number of hydrogen-bond acceptors (Lipinski definition) is 4. The van der Waals surface area contributed by atoms with E-state index in [1.807, 2.05) is 4.90 Å². The third-order valence-electron chi connectivity index (χ3n) is 4.27. The number of ether oxygens (including phenoxy) is 1. The number of carbonyl (C=O) groups is 2. The Morgan fingerprint density at radius 1 is 1.32 bits per heavy atom. The number of rotatable bonds is 8. The molecule has 0 bridgehead atoms. The fraction of sp³-hybridized carbons (Fsp3) is 0.556. The average Bonchev–Trinajstić information content (AvgIpc) is 3.10. The van der Waals surface area contributed by atoms with Crippen LogP contribution in [0, 0.1) is 5.82 Å². The SMILES string of the molecule is CCCC[NH+](CC(=O)OC)CC(=O)N1CCS[C@@H]1c1ccc(F)cc1. The van der Waals surface area contributed by atoms with Crippen molar-refractivity contribution in [1.29, 1.82) is 0 Å². The maximum absolute atomic E-state index is 13.1. The predicted molar refractivity (Wildman–Crippen MR) is 95.8 cm³/mol. The highest BCUT2D eigenvalue weighted by Gasteiger charge is 2.32. The molecule has 1 aromatic rings. The van der Waals surface area contributed by atoms with Gasteiger partial charge in [-0.15, -0.1) is 11.8 Å². The molecule has 1 amide bonds. The number of thioether (sulfide) groups is 1.